The molecular formula is C22H25ClN4O2. The molecule has 2 aromatic rings. The van der Waals surface area contributed by atoms with Crippen molar-refractivity contribution in [1.82, 2.24) is 14.8 Å². The number of Topliss-reactive ketones (excluding diaryl/α,β-unsaturated/α-hetero) is 1. The average molecular weight is 413 g/mol. The molecule has 1 aliphatic rings. The first kappa shape index (κ1) is 20.8. The fourth-order valence-corrected chi connectivity index (χ4v) is 3.63. The van der Waals surface area contributed by atoms with Crippen LogP contribution in [0.2, 0.25) is 5.02 Å². The van der Waals surface area contributed by atoms with Crippen molar-refractivity contribution in [2.45, 2.75) is 25.9 Å². The number of nitriles is 1. The number of ketones is 1. The van der Waals surface area contributed by atoms with Crippen LogP contribution in [-0.4, -0.2) is 53.9 Å². The number of likely N-dealkylation sites (tertiary alicyclic amines) is 1. The molecule has 1 aliphatic heterocycles. The number of benzene rings is 1. The predicted molar refractivity (Wildman–Crippen MR) is 115 cm³/mol. The smallest absolute Gasteiger partial charge is 0.221 e. The molecule has 0 unspecified atom stereocenters. The molecule has 0 bridgehead atoms. The number of piperidine rings is 1. The molecule has 29 heavy (non-hydrogen) atoms. The van der Waals surface area contributed by atoms with E-state index >= 15 is 0 Å². The minimum Gasteiger partial charge on any atom is -0.489 e. The highest BCUT2D eigenvalue weighted by Crippen LogP contribution is 2.33. The molecule has 1 aromatic carbocycles. The van der Waals surface area contributed by atoms with Gasteiger partial charge >= 0.3 is 0 Å². The van der Waals surface area contributed by atoms with Gasteiger partial charge in [0, 0.05) is 62.8 Å². The number of fused-ring (bicyclic) bond motifs is 1. The zero-order valence-electron chi connectivity index (χ0n) is 17.0. The van der Waals surface area contributed by atoms with Crippen molar-refractivity contribution in [2.75, 3.05) is 27.2 Å². The summed E-state index contributed by atoms with van der Waals surface area (Å²) in [5.74, 6) is 0.249. The van der Waals surface area contributed by atoms with E-state index in [2.05, 4.69) is 16.5 Å². The molecule has 3 rings (SSSR count). The first-order chi connectivity index (χ1) is 13.8. The first-order valence-corrected chi connectivity index (χ1v) is 9.88. The van der Waals surface area contributed by atoms with E-state index in [-0.39, 0.29) is 17.5 Å². The van der Waals surface area contributed by atoms with Gasteiger partial charge in [-0.25, -0.2) is 0 Å². The number of aromatic amines is 1. The number of aromatic nitrogens is 1. The molecule has 0 radical (unpaired) electrons. The van der Waals surface area contributed by atoms with Crippen LogP contribution in [0.15, 0.2) is 42.2 Å². The lowest BCUT2D eigenvalue weighted by Crippen LogP contribution is -2.36. The number of ether oxygens (including phenoxy) is 1. The van der Waals surface area contributed by atoms with Crippen molar-refractivity contribution in [2.24, 2.45) is 0 Å². The van der Waals surface area contributed by atoms with Crippen LogP contribution >= 0.6 is 11.6 Å². The van der Waals surface area contributed by atoms with Crippen molar-refractivity contribution in [3.63, 3.8) is 0 Å². The van der Waals surface area contributed by atoms with Crippen LogP contribution < -0.4 is 4.74 Å². The molecule has 0 spiro atoms. The number of carbonyl (C=O) groups excluding carboxylic acids is 1. The average Bonchev–Trinajstić information content (AvgIpc) is 3.08. The van der Waals surface area contributed by atoms with Crippen LogP contribution in [0.1, 0.15) is 30.3 Å². The Kier molecular flexibility index (Phi) is 6.19. The van der Waals surface area contributed by atoms with E-state index in [1.54, 1.807) is 31.1 Å². The Morgan fingerprint density at radius 1 is 1.38 bits per heavy atom. The third-order valence-corrected chi connectivity index (χ3v) is 5.24. The number of halogens is 1. The van der Waals surface area contributed by atoms with Gasteiger partial charge in [0.15, 0.2) is 0 Å². The summed E-state index contributed by atoms with van der Waals surface area (Å²) in [5, 5.41) is 10.6. The summed E-state index contributed by atoms with van der Waals surface area (Å²) in [6, 6.07) is 7.28. The number of hydrogen-bond donors (Lipinski definition) is 1. The van der Waals surface area contributed by atoms with E-state index in [0.717, 1.165) is 42.5 Å². The second-order valence-corrected chi connectivity index (χ2v) is 7.95. The Labute approximate surface area is 176 Å². The van der Waals surface area contributed by atoms with E-state index in [9.17, 15) is 10.1 Å². The molecule has 0 atom stereocenters. The monoisotopic (exact) mass is 412 g/mol. The molecule has 0 saturated carbocycles. The second kappa shape index (κ2) is 8.62. The lowest BCUT2D eigenvalue weighted by Gasteiger charge is -2.33. The Morgan fingerprint density at radius 3 is 2.66 bits per heavy atom. The molecule has 2 heterocycles. The van der Waals surface area contributed by atoms with Gasteiger partial charge in [-0.05, 0) is 25.1 Å². The highest BCUT2D eigenvalue weighted by molar-refractivity contribution is 6.32. The summed E-state index contributed by atoms with van der Waals surface area (Å²) in [5.41, 5.74) is 2.21. The fourth-order valence-electron chi connectivity index (χ4n) is 3.42. The van der Waals surface area contributed by atoms with E-state index < -0.39 is 0 Å². The van der Waals surface area contributed by atoms with Crippen LogP contribution in [-0.2, 0) is 0 Å². The van der Waals surface area contributed by atoms with Gasteiger partial charge in [-0.3, -0.25) is 4.79 Å². The number of allylic oxidation sites excluding steroid dienone is 2. The van der Waals surface area contributed by atoms with Gasteiger partial charge in [0.05, 0.1) is 10.7 Å². The summed E-state index contributed by atoms with van der Waals surface area (Å²) >= 11 is 6.42. The minimum atomic E-state index is -0.358. The van der Waals surface area contributed by atoms with Gasteiger partial charge in [-0.15, -0.1) is 0 Å². The van der Waals surface area contributed by atoms with Crippen molar-refractivity contribution in [1.29, 1.82) is 5.26 Å². The van der Waals surface area contributed by atoms with Gasteiger partial charge in [0.2, 0.25) is 5.78 Å². The predicted octanol–water partition coefficient (Wildman–Crippen LogP) is 4.35. The number of hydrogen-bond acceptors (Lipinski definition) is 5. The molecular weight excluding hydrogens is 388 g/mol. The quantitative estimate of drug-likeness (QED) is 0.434. The second-order valence-electron chi connectivity index (χ2n) is 7.54. The summed E-state index contributed by atoms with van der Waals surface area (Å²) in [6.45, 7) is 7.84. The van der Waals surface area contributed by atoms with Gasteiger partial charge in [0.1, 0.15) is 23.5 Å². The third-order valence-electron chi connectivity index (χ3n) is 4.95. The Morgan fingerprint density at radius 2 is 2.07 bits per heavy atom. The molecule has 0 aliphatic carbocycles. The summed E-state index contributed by atoms with van der Waals surface area (Å²) in [4.78, 5) is 19.6. The first-order valence-electron chi connectivity index (χ1n) is 9.51. The molecule has 152 valence electrons. The van der Waals surface area contributed by atoms with Gasteiger partial charge in [-0.1, -0.05) is 18.2 Å². The SMILES string of the molecule is C=C(C)N1CCC(Oc2cc3cc(C(=O)/C(C#N)=C/N(C)C)[nH]c3cc2Cl)CC1. The number of nitrogens with zero attached hydrogens (tertiary/aromatic N) is 3. The molecule has 1 aromatic heterocycles. The topological polar surface area (TPSA) is 72.4 Å². The van der Waals surface area contributed by atoms with Crippen molar-refractivity contribution in [3.8, 4) is 11.8 Å². The molecule has 1 N–H and O–H groups in total. The van der Waals surface area contributed by atoms with Crippen LogP contribution in [0.25, 0.3) is 10.9 Å². The van der Waals surface area contributed by atoms with Crippen molar-refractivity contribution < 1.29 is 9.53 Å². The zero-order chi connectivity index (χ0) is 21.1. The highest BCUT2D eigenvalue weighted by atomic mass is 35.5. The maximum absolute atomic E-state index is 12.6. The van der Waals surface area contributed by atoms with Crippen LogP contribution in [0.5, 0.6) is 5.75 Å². The standard InChI is InChI=1S/C22H25ClN4O2/c1-14(2)27-7-5-17(6-8-27)29-21-10-15-9-20(25-19(15)11-18(21)23)22(28)16(12-24)13-26(3)4/h9-11,13,17,25H,1,5-8H2,2-4H3/b16-13+. The van der Waals surface area contributed by atoms with Gasteiger partial charge in [-0.2, -0.15) is 5.26 Å². The Hall–Kier alpha value is -2.91. The molecule has 1 fully saturated rings. The summed E-state index contributed by atoms with van der Waals surface area (Å²) in [7, 11) is 3.53. The zero-order valence-corrected chi connectivity index (χ0v) is 17.7. The number of nitrogens with one attached hydrogen (secondary N) is 1. The maximum atomic E-state index is 12.6. The van der Waals surface area contributed by atoms with E-state index in [1.165, 1.54) is 6.20 Å². The van der Waals surface area contributed by atoms with Crippen molar-refractivity contribution in [3.05, 3.63) is 53.0 Å². The Bertz CT molecular complexity index is 1010. The van der Waals surface area contributed by atoms with Gasteiger partial charge < -0.3 is 19.5 Å². The number of H-pyrrole nitrogens is 1. The maximum Gasteiger partial charge on any atom is 0.221 e. The summed E-state index contributed by atoms with van der Waals surface area (Å²) in [6.07, 6.45) is 3.40. The number of carbonyl (C=O) groups is 1. The van der Waals surface area contributed by atoms with E-state index in [4.69, 9.17) is 16.3 Å². The third kappa shape index (κ3) is 4.75. The lowest BCUT2D eigenvalue weighted by molar-refractivity contribution is 0.103. The molecule has 1 saturated heterocycles. The van der Waals surface area contributed by atoms with E-state index in [0.29, 0.717) is 16.5 Å². The molecule has 6 nitrogen and oxygen atoms in total. The highest BCUT2D eigenvalue weighted by Gasteiger charge is 2.22. The van der Waals surface area contributed by atoms with Crippen LogP contribution in [0, 0.1) is 11.3 Å². The van der Waals surface area contributed by atoms with Gasteiger partial charge in [0.25, 0.3) is 0 Å². The molecule has 7 heteroatoms. The Balaban J connectivity index is 1.80. The fraction of sp³-hybridized carbons (Fsp3) is 0.364. The van der Waals surface area contributed by atoms with Crippen molar-refractivity contribution >= 4 is 28.3 Å². The molecule has 0 amide bonds. The normalized spacial score (nSPS) is 15.3. The number of rotatable bonds is 6. The minimum absolute atomic E-state index is 0.0633. The lowest BCUT2D eigenvalue weighted by atomic mass is 10.1. The largest absolute Gasteiger partial charge is 0.489 e. The van der Waals surface area contributed by atoms with Crippen LogP contribution in [0.3, 0.4) is 0 Å². The van der Waals surface area contributed by atoms with Crippen LogP contribution in [0.4, 0.5) is 0 Å². The van der Waals surface area contributed by atoms with E-state index in [1.807, 2.05) is 19.1 Å². The summed E-state index contributed by atoms with van der Waals surface area (Å²) < 4.78 is 6.16.